The number of rotatable bonds is 6. The van der Waals surface area contributed by atoms with Crippen molar-refractivity contribution >= 4 is 27.4 Å². The molecule has 0 aliphatic carbocycles. The number of imidazole rings is 1. The van der Waals surface area contributed by atoms with Crippen molar-refractivity contribution in [3.63, 3.8) is 0 Å². The van der Waals surface area contributed by atoms with Gasteiger partial charge in [0.05, 0.1) is 5.39 Å². The number of pyridine rings is 1. The van der Waals surface area contributed by atoms with Crippen molar-refractivity contribution in [1.82, 2.24) is 24.5 Å². The summed E-state index contributed by atoms with van der Waals surface area (Å²) < 4.78 is 1.90. The molecule has 0 fully saturated rings. The number of aryl methyl sites for hydroxylation is 1. The number of aromatic nitrogens is 5. The number of fused-ring (bicyclic) bond motifs is 1. The minimum absolute atomic E-state index is 0.592. The second-order valence-corrected chi connectivity index (χ2v) is 7.86. The maximum absolute atomic E-state index is 4.68. The van der Waals surface area contributed by atoms with Crippen LogP contribution in [0.3, 0.4) is 0 Å². The van der Waals surface area contributed by atoms with Crippen LogP contribution in [-0.2, 0) is 13.0 Å². The third-order valence-electron chi connectivity index (χ3n) is 4.29. The molecule has 0 atom stereocenters. The lowest BCUT2D eigenvalue weighted by molar-refractivity contribution is 0.651. The maximum Gasteiger partial charge on any atom is 0.139 e. The molecule has 4 aromatic heterocycles. The second kappa shape index (κ2) is 7.44. The van der Waals surface area contributed by atoms with Crippen molar-refractivity contribution in [3.05, 3.63) is 59.4 Å². The maximum atomic E-state index is 4.68. The molecule has 0 saturated carbocycles. The Kier molecular flexibility index (Phi) is 4.85. The van der Waals surface area contributed by atoms with Gasteiger partial charge in [0.25, 0.3) is 0 Å². The van der Waals surface area contributed by atoms with Gasteiger partial charge >= 0.3 is 0 Å². The largest absolute Gasteiger partial charge is 0.365 e. The van der Waals surface area contributed by atoms with Crippen LogP contribution in [-0.4, -0.2) is 24.5 Å². The fourth-order valence-electron chi connectivity index (χ4n) is 3.12. The van der Waals surface area contributed by atoms with Gasteiger partial charge in [0.15, 0.2) is 0 Å². The molecule has 0 aromatic carbocycles. The molecule has 0 spiro atoms. The van der Waals surface area contributed by atoms with E-state index < -0.39 is 0 Å². The Balaban J connectivity index is 1.62. The highest BCUT2D eigenvalue weighted by molar-refractivity contribution is 7.17. The summed E-state index contributed by atoms with van der Waals surface area (Å²) in [4.78, 5) is 18.8. The van der Waals surface area contributed by atoms with E-state index in [1.807, 2.05) is 30.0 Å². The lowest BCUT2D eigenvalue weighted by Gasteiger charge is -2.11. The average molecular weight is 379 g/mol. The monoisotopic (exact) mass is 378 g/mol. The van der Waals surface area contributed by atoms with Crippen LogP contribution < -0.4 is 5.32 Å². The highest BCUT2D eigenvalue weighted by atomic mass is 32.1. The van der Waals surface area contributed by atoms with E-state index in [-0.39, 0.29) is 0 Å². The molecule has 4 heterocycles. The summed E-state index contributed by atoms with van der Waals surface area (Å²) in [5.41, 5.74) is 2.46. The summed E-state index contributed by atoms with van der Waals surface area (Å²) in [7, 11) is 0. The number of hydrogen-bond donors (Lipinski definition) is 1. The minimum Gasteiger partial charge on any atom is -0.365 e. The van der Waals surface area contributed by atoms with Gasteiger partial charge in [-0.1, -0.05) is 13.8 Å². The van der Waals surface area contributed by atoms with E-state index >= 15 is 0 Å². The van der Waals surface area contributed by atoms with Gasteiger partial charge in [0.1, 0.15) is 28.6 Å². The van der Waals surface area contributed by atoms with Crippen LogP contribution >= 0.6 is 11.3 Å². The van der Waals surface area contributed by atoms with Crippen LogP contribution in [0.2, 0.25) is 0 Å². The van der Waals surface area contributed by atoms with Crippen LogP contribution in [0.4, 0.5) is 5.82 Å². The first-order valence-electron chi connectivity index (χ1n) is 9.02. The topological polar surface area (TPSA) is 68.5 Å². The molecule has 0 amide bonds. The average Bonchev–Trinajstić information content (AvgIpc) is 3.30. The number of hydrogen-bond acceptors (Lipinski definition) is 6. The SMILES string of the molecule is Cc1nc(NCc2ccnc(-n3ccnc3)c2)c2c(CC(C)C)csc2n1. The molecular weight excluding hydrogens is 356 g/mol. The number of nitrogens with zero attached hydrogens (tertiary/aromatic N) is 5. The summed E-state index contributed by atoms with van der Waals surface area (Å²) in [5, 5.41) is 6.89. The van der Waals surface area contributed by atoms with E-state index in [0.29, 0.717) is 12.5 Å². The molecule has 6 nitrogen and oxygen atoms in total. The fraction of sp³-hybridized carbons (Fsp3) is 0.300. The van der Waals surface area contributed by atoms with Gasteiger partial charge in [-0.3, -0.25) is 4.57 Å². The number of nitrogens with one attached hydrogen (secondary N) is 1. The van der Waals surface area contributed by atoms with Gasteiger partial charge in [-0.05, 0) is 47.9 Å². The van der Waals surface area contributed by atoms with E-state index in [2.05, 4.69) is 50.5 Å². The fourth-order valence-corrected chi connectivity index (χ4v) is 4.12. The summed E-state index contributed by atoms with van der Waals surface area (Å²) in [6, 6.07) is 4.07. The summed E-state index contributed by atoms with van der Waals surface area (Å²) >= 11 is 1.70. The standard InChI is InChI=1S/C20H22N6S/c1-13(2)8-16-11-27-20-18(16)19(24-14(3)25-20)23-10-15-4-5-22-17(9-15)26-7-6-21-12-26/h4-7,9,11-13H,8,10H2,1-3H3,(H,23,24,25). The van der Waals surface area contributed by atoms with E-state index in [4.69, 9.17) is 0 Å². The third-order valence-corrected chi connectivity index (χ3v) is 5.21. The van der Waals surface area contributed by atoms with E-state index in [1.54, 1.807) is 23.9 Å². The molecule has 27 heavy (non-hydrogen) atoms. The van der Waals surface area contributed by atoms with E-state index in [1.165, 1.54) is 5.56 Å². The second-order valence-electron chi connectivity index (χ2n) is 7.00. The molecule has 138 valence electrons. The predicted octanol–water partition coefficient (Wildman–Crippen LogP) is 4.39. The Morgan fingerprint density at radius 2 is 2.11 bits per heavy atom. The lowest BCUT2D eigenvalue weighted by Crippen LogP contribution is -2.06. The molecule has 0 bridgehead atoms. The Morgan fingerprint density at radius 3 is 2.89 bits per heavy atom. The zero-order chi connectivity index (χ0) is 18.8. The highest BCUT2D eigenvalue weighted by Crippen LogP contribution is 2.31. The molecule has 0 radical (unpaired) electrons. The van der Waals surface area contributed by atoms with Crippen LogP contribution in [0.25, 0.3) is 16.0 Å². The van der Waals surface area contributed by atoms with Crippen LogP contribution in [0, 0.1) is 12.8 Å². The highest BCUT2D eigenvalue weighted by Gasteiger charge is 2.14. The first-order valence-corrected chi connectivity index (χ1v) is 9.90. The number of thiophene rings is 1. The van der Waals surface area contributed by atoms with Crippen molar-refractivity contribution in [3.8, 4) is 5.82 Å². The van der Waals surface area contributed by atoms with Crippen molar-refractivity contribution in [1.29, 1.82) is 0 Å². The van der Waals surface area contributed by atoms with Crippen LogP contribution in [0.1, 0.15) is 30.8 Å². The van der Waals surface area contributed by atoms with Crippen molar-refractivity contribution in [2.75, 3.05) is 5.32 Å². The normalized spacial score (nSPS) is 11.4. The molecule has 0 saturated heterocycles. The molecular formula is C20H22N6S. The van der Waals surface area contributed by atoms with Gasteiger partial charge in [-0.15, -0.1) is 11.3 Å². The van der Waals surface area contributed by atoms with Crippen LogP contribution in [0.15, 0.2) is 42.4 Å². The van der Waals surface area contributed by atoms with Crippen LogP contribution in [0.5, 0.6) is 0 Å². The first kappa shape index (κ1) is 17.6. The molecule has 0 aliphatic heterocycles. The summed E-state index contributed by atoms with van der Waals surface area (Å²) in [6.07, 6.45) is 8.24. The van der Waals surface area contributed by atoms with Gasteiger partial charge in [0.2, 0.25) is 0 Å². The lowest BCUT2D eigenvalue weighted by atomic mass is 10.0. The first-order chi connectivity index (χ1) is 13.1. The quantitative estimate of drug-likeness (QED) is 0.539. The van der Waals surface area contributed by atoms with E-state index in [9.17, 15) is 0 Å². The van der Waals surface area contributed by atoms with Crippen molar-refractivity contribution in [2.45, 2.75) is 33.7 Å². The number of anilines is 1. The van der Waals surface area contributed by atoms with Gasteiger partial charge < -0.3 is 5.32 Å². The smallest absolute Gasteiger partial charge is 0.139 e. The Hall–Kier alpha value is -2.80. The Bertz CT molecular complexity index is 1050. The summed E-state index contributed by atoms with van der Waals surface area (Å²) in [5.74, 6) is 3.15. The Morgan fingerprint density at radius 1 is 1.22 bits per heavy atom. The molecule has 0 unspecified atom stereocenters. The molecule has 1 N–H and O–H groups in total. The molecule has 4 rings (SSSR count). The van der Waals surface area contributed by atoms with E-state index in [0.717, 1.165) is 39.7 Å². The van der Waals surface area contributed by atoms with Gasteiger partial charge in [0, 0.05) is 25.1 Å². The third kappa shape index (κ3) is 3.83. The zero-order valence-corrected chi connectivity index (χ0v) is 16.5. The Labute approximate surface area is 162 Å². The molecule has 0 aliphatic rings. The van der Waals surface area contributed by atoms with Crippen molar-refractivity contribution < 1.29 is 0 Å². The predicted molar refractivity (Wildman–Crippen MR) is 109 cm³/mol. The van der Waals surface area contributed by atoms with Gasteiger partial charge in [-0.25, -0.2) is 19.9 Å². The minimum atomic E-state index is 0.592. The van der Waals surface area contributed by atoms with Crippen molar-refractivity contribution in [2.24, 2.45) is 5.92 Å². The molecule has 7 heteroatoms. The molecule has 4 aromatic rings. The van der Waals surface area contributed by atoms with Gasteiger partial charge in [-0.2, -0.15) is 0 Å². The summed E-state index contributed by atoms with van der Waals surface area (Å²) in [6.45, 7) is 7.09. The zero-order valence-electron chi connectivity index (χ0n) is 15.7.